The fourth-order valence-electron chi connectivity index (χ4n) is 3.05. The molecule has 5 nitrogen and oxygen atoms in total. The molecule has 1 saturated carbocycles. The van der Waals surface area contributed by atoms with Crippen molar-refractivity contribution in [1.82, 2.24) is 5.32 Å². The molecule has 1 aliphatic rings. The molecule has 0 aromatic heterocycles. The lowest BCUT2D eigenvalue weighted by molar-refractivity contribution is -0.145. The van der Waals surface area contributed by atoms with E-state index in [1.807, 2.05) is 30.3 Å². The van der Waals surface area contributed by atoms with Crippen molar-refractivity contribution >= 4 is 24.3 Å². The molecule has 1 aromatic rings. The molecule has 6 heteroatoms. The Hall–Kier alpha value is -1.59. The normalized spacial score (nSPS) is 17.2. The highest BCUT2D eigenvalue weighted by atomic mass is 35.5. The predicted octanol–water partition coefficient (Wildman–Crippen LogP) is 2.53. The van der Waals surface area contributed by atoms with Crippen molar-refractivity contribution < 1.29 is 14.3 Å². The molecule has 1 unspecified atom stereocenters. The number of halogens is 1. The summed E-state index contributed by atoms with van der Waals surface area (Å²) in [4.78, 5) is 24.7. The van der Waals surface area contributed by atoms with Crippen LogP contribution >= 0.6 is 12.4 Å². The van der Waals surface area contributed by atoms with Gasteiger partial charge in [0.05, 0.1) is 18.1 Å². The highest BCUT2D eigenvalue weighted by Crippen LogP contribution is 2.26. The molecule has 1 aliphatic carbocycles. The zero-order valence-electron chi connectivity index (χ0n) is 14.1. The second-order valence-corrected chi connectivity index (χ2v) is 6.14. The van der Waals surface area contributed by atoms with Gasteiger partial charge >= 0.3 is 5.97 Å². The Balaban J connectivity index is 0.00000288. The van der Waals surface area contributed by atoms with Gasteiger partial charge in [0.2, 0.25) is 5.91 Å². The summed E-state index contributed by atoms with van der Waals surface area (Å²) in [7, 11) is 0. The van der Waals surface area contributed by atoms with Crippen molar-refractivity contribution in [3.8, 4) is 0 Å². The molecule has 1 aromatic carbocycles. The van der Waals surface area contributed by atoms with Gasteiger partial charge in [0.25, 0.3) is 0 Å². The van der Waals surface area contributed by atoms with Crippen LogP contribution in [0.4, 0.5) is 0 Å². The maximum absolute atomic E-state index is 12.4. The number of hydrogen-bond acceptors (Lipinski definition) is 4. The maximum Gasteiger partial charge on any atom is 0.315 e. The van der Waals surface area contributed by atoms with Crippen LogP contribution in [0.15, 0.2) is 30.3 Å². The highest BCUT2D eigenvalue weighted by molar-refractivity contribution is 5.87. The molecular formula is C18H27ClN2O3. The van der Waals surface area contributed by atoms with E-state index in [9.17, 15) is 9.59 Å². The van der Waals surface area contributed by atoms with Crippen molar-refractivity contribution in [3.63, 3.8) is 0 Å². The Kier molecular flexibility index (Phi) is 8.22. The van der Waals surface area contributed by atoms with Crippen molar-refractivity contribution in [3.05, 3.63) is 35.9 Å². The van der Waals surface area contributed by atoms with E-state index in [0.717, 1.165) is 24.8 Å². The molecule has 24 heavy (non-hydrogen) atoms. The van der Waals surface area contributed by atoms with Crippen LogP contribution in [0, 0.1) is 0 Å². The van der Waals surface area contributed by atoms with Crippen LogP contribution in [0.1, 0.15) is 50.5 Å². The summed E-state index contributed by atoms with van der Waals surface area (Å²) in [5.41, 5.74) is 6.27. The van der Waals surface area contributed by atoms with E-state index in [-0.39, 0.29) is 30.8 Å². The number of carbonyl (C=O) groups is 2. The summed E-state index contributed by atoms with van der Waals surface area (Å²) >= 11 is 0. The Morgan fingerprint density at radius 1 is 1.21 bits per heavy atom. The van der Waals surface area contributed by atoms with Gasteiger partial charge in [0.15, 0.2) is 0 Å². The lowest BCUT2D eigenvalue weighted by Gasteiger charge is -2.32. The summed E-state index contributed by atoms with van der Waals surface area (Å²) in [6, 6.07) is 9.37. The van der Waals surface area contributed by atoms with E-state index in [1.165, 1.54) is 0 Å². The first-order valence-electron chi connectivity index (χ1n) is 8.35. The fourth-order valence-corrected chi connectivity index (χ4v) is 3.05. The zero-order valence-corrected chi connectivity index (χ0v) is 14.9. The molecule has 134 valence electrons. The highest BCUT2D eigenvalue weighted by Gasteiger charge is 2.36. The molecule has 1 fully saturated rings. The lowest BCUT2D eigenvalue weighted by atomic mass is 9.82. The third-order valence-electron chi connectivity index (χ3n) is 4.44. The van der Waals surface area contributed by atoms with Gasteiger partial charge in [0.1, 0.15) is 0 Å². The van der Waals surface area contributed by atoms with Crippen LogP contribution in [0.5, 0.6) is 0 Å². The van der Waals surface area contributed by atoms with Gasteiger partial charge in [-0.2, -0.15) is 0 Å². The van der Waals surface area contributed by atoms with Gasteiger partial charge in [-0.05, 0) is 25.3 Å². The number of amides is 1. The van der Waals surface area contributed by atoms with Gasteiger partial charge in [0, 0.05) is 6.54 Å². The van der Waals surface area contributed by atoms with E-state index in [1.54, 1.807) is 6.92 Å². The van der Waals surface area contributed by atoms with Crippen LogP contribution in [0.3, 0.4) is 0 Å². The van der Waals surface area contributed by atoms with Crippen molar-refractivity contribution in [2.24, 2.45) is 5.73 Å². The maximum atomic E-state index is 12.4. The average molecular weight is 355 g/mol. The lowest BCUT2D eigenvalue weighted by Crippen LogP contribution is -2.55. The number of carbonyl (C=O) groups excluding carboxylic acids is 2. The Morgan fingerprint density at radius 3 is 2.42 bits per heavy atom. The summed E-state index contributed by atoms with van der Waals surface area (Å²) in [5, 5.41) is 2.87. The molecule has 0 saturated heterocycles. The molecule has 0 radical (unpaired) electrons. The third-order valence-corrected chi connectivity index (χ3v) is 4.44. The van der Waals surface area contributed by atoms with Crippen LogP contribution in [-0.4, -0.2) is 30.6 Å². The van der Waals surface area contributed by atoms with Crippen molar-refractivity contribution in [2.45, 2.75) is 50.5 Å². The molecule has 0 heterocycles. The van der Waals surface area contributed by atoms with Gasteiger partial charge < -0.3 is 15.8 Å². The SMILES string of the molecule is CCOC(=O)C(CNC(=O)C1(N)CCCCC1)c1ccccc1.Cl. The smallest absolute Gasteiger partial charge is 0.315 e. The molecule has 0 aliphatic heterocycles. The Labute approximate surface area is 149 Å². The van der Waals surface area contributed by atoms with E-state index >= 15 is 0 Å². The molecule has 2 rings (SSSR count). The topological polar surface area (TPSA) is 81.4 Å². The minimum absolute atomic E-state index is 0. The number of benzene rings is 1. The summed E-state index contributed by atoms with van der Waals surface area (Å²) in [6.07, 6.45) is 4.48. The van der Waals surface area contributed by atoms with Crippen molar-refractivity contribution in [1.29, 1.82) is 0 Å². The van der Waals surface area contributed by atoms with Gasteiger partial charge in [-0.3, -0.25) is 9.59 Å². The molecule has 0 spiro atoms. The van der Waals surface area contributed by atoms with Crippen molar-refractivity contribution in [2.75, 3.05) is 13.2 Å². The molecular weight excluding hydrogens is 328 g/mol. The molecule has 0 bridgehead atoms. The third kappa shape index (κ3) is 5.21. The molecule has 1 amide bonds. The Morgan fingerprint density at radius 2 is 1.83 bits per heavy atom. The summed E-state index contributed by atoms with van der Waals surface area (Å²) in [6.45, 7) is 2.30. The number of rotatable bonds is 6. The van der Waals surface area contributed by atoms with Gasteiger partial charge in [-0.15, -0.1) is 12.4 Å². The minimum atomic E-state index is -0.797. The van der Waals surface area contributed by atoms with E-state index < -0.39 is 11.5 Å². The fraction of sp³-hybridized carbons (Fsp3) is 0.556. The van der Waals surface area contributed by atoms with Gasteiger partial charge in [-0.25, -0.2) is 0 Å². The predicted molar refractivity (Wildman–Crippen MR) is 96.1 cm³/mol. The second-order valence-electron chi connectivity index (χ2n) is 6.14. The number of ether oxygens (including phenoxy) is 1. The summed E-state index contributed by atoms with van der Waals surface area (Å²) in [5.74, 6) is -0.997. The first kappa shape index (κ1) is 20.5. The Bertz CT molecular complexity index is 530. The van der Waals surface area contributed by atoms with Crippen LogP contribution in [0.2, 0.25) is 0 Å². The minimum Gasteiger partial charge on any atom is -0.465 e. The number of esters is 1. The molecule has 3 N–H and O–H groups in total. The molecule has 1 atom stereocenters. The van der Waals surface area contributed by atoms with E-state index in [4.69, 9.17) is 10.5 Å². The monoisotopic (exact) mass is 354 g/mol. The van der Waals surface area contributed by atoms with Crippen LogP contribution in [0.25, 0.3) is 0 Å². The quantitative estimate of drug-likeness (QED) is 0.769. The number of nitrogens with two attached hydrogens (primary N) is 1. The first-order valence-corrected chi connectivity index (χ1v) is 8.35. The number of nitrogens with one attached hydrogen (secondary N) is 1. The largest absolute Gasteiger partial charge is 0.465 e. The average Bonchev–Trinajstić information content (AvgIpc) is 2.57. The number of hydrogen-bond donors (Lipinski definition) is 2. The van der Waals surface area contributed by atoms with E-state index in [0.29, 0.717) is 19.4 Å². The standard InChI is InChI=1S/C18H26N2O3.ClH/c1-2-23-16(21)15(14-9-5-3-6-10-14)13-20-17(22)18(19)11-7-4-8-12-18;/h3,5-6,9-10,15H,2,4,7-8,11-13,19H2,1H3,(H,20,22);1H. The van der Waals surface area contributed by atoms with E-state index in [2.05, 4.69) is 5.32 Å². The van der Waals surface area contributed by atoms with Crippen LogP contribution < -0.4 is 11.1 Å². The van der Waals surface area contributed by atoms with Gasteiger partial charge in [-0.1, -0.05) is 49.6 Å². The van der Waals surface area contributed by atoms with Crippen LogP contribution in [-0.2, 0) is 14.3 Å². The second kappa shape index (κ2) is 9.64. The first-order chi connectivity index (χ1) is 11.1. The zero-order chi connectivity index (χ0) is 16.7. The summed E-state index contributed by atoms with van der Waals surface area (Å²) < 4.78 is 5.14.